The van der Waals surface area contributed by atoms with Gasteiger partial charge in [0.1, 0.15) is 11.6 Å². The Morgan fingerprint density at radius 3 is 2.33 bits per heavy atom. The summed E-state index contributed by atoms with van der Waals surface area (Å²) in [6.07, 6.45) is 1.99. The Morgan fingerprint density at radius 1 is 0.952 bits per heavy atom. The van der Waals surface area contributed by atoms with Gasteiger partial charge in [-0.15, -0.1) is 0 Å². The van der Waals surface area contributed by atoms with E-state index in [0.29, 0.717) is 0 Å². The first kappa shape index (κ1) is 13.6. The van der Waals surface area contributed by atoms with Crippen LogP contribution in [0.3, 0.4) is 0 Å². The summed E-state index contributed by atoms with van der Waals surface area (Å²) in [7, 11) is 0. The van der Waals surface area contributed by atoms with Crippen LogP contribution in [0, 0.1) is 5.82 Å². The highest BCUT2D eigenvalue weighted by Gasteiger charge is 2.12. The Morgan fingerprint density at radius 2 is 1.67 bits per heavy atom. The second-order valence-corrected chi connectivity index (χ2v) is 5.04. The Kier molecular flexibility index (Phi) is 3.82. The molecule has 3 aromatic rings. The fourth-order valence-corrected chi connectivity index (χ4v) is 2.42. The molecule has 0 amide bonds. The number of H-pyrrole nitrogens is 1. The summed E-state index contributed by atoms with van der Waals surface area (Å²) in [5.74, 6) is 0.555. The third-order valence-electron chi connectivity index (χ3n) is 3.44. The molecule has 0 saturated heterocycles. The van der Waals surface area contributed by atoms with Crippen LogP contribution >= 0.6 is 0 Å². The van der Waals surface area contributed by atoms with Crippen LogP contribution < -0.4 is 0 Å². The number of aromatic amines is 1. The van der Waals surface area contributed by atoms with E-state index in [-0.39, 0.29) is 5.82 Å². The van der Waals surface area contributed by atoms with Crippen LogP contribution in [0.15, 0.2) is 54.6 Å². The van der Waals surface area contributed by atoms with E-state index in [1.54, 1.807) is 12.1 Å². The molecule has 0 saturated carbocycles. The van der Waals surface area contributed by atoms with E-state index < -0.39 is 0 Å². The molecule has 0 unspecified atom stereocenters. The quantitative estimate of drug-likeness (QED) is 0.728. The van der Waals surface area contributed by atoms with Crippen molar-refractivity contribution in [3.63, 3.8) is 0 Å². The van der Waals surface area contributed by atoms with E-state index in [1.807, 2.05) is 18.2 Å². The molecule has 0 aliphatic heterocycles. The maximum Gasteiger partial charge on any atom is 0.138 e. The van der Waals surface area contributed by atoms with E-state index in [2.05, 4.69) is 24.0 Å². The molecule has 1 heterocycles. The van der Waals surface area contributed by atoms with Crippen molar-refractivity contribution in [1.82, 2.24) is 9.97 Å². The zero-order chi connectivity index (χ0) is 14.7. The number of hydrogen-bond acceptors (Lipinski definition) is 1. The first-order valence-corrected chi connectivity index (χ1v) is 7.18. The van der Waals surface area contributed by atoms with Crippen molar-refractivity contribution in [2.24, 2.45) is 0 Å². The maximum absolute atomic E-state index is 13.0. The van der Waals surface area contributed by atoms with Gasteiger partial charge in [-0.25, -0.2) is 9.37 Å². The fourth-order valence-electron chi connectivity index (χ4n) is 2.42. The summed E-state index contributed by atoms with van der Waals surface area (Å²) < 4.78 is 13.0. The van der Waals surface area contributed by atoms with E-state index in [4.69, 9.17) is 4.98 Å². The molecule has 0 aliphatic rings. The van der Waals surface area contributed by atoms with Gasteiger partial charge in [0.2, 0.25) is 0 Å². The minimum absolute atomic E-state index is 0.234. The smallest absolute Gasteiger partial charge is 0.138 e. The van der Waals surface area contributed by atoms with E-state index >= 15 is 0 Å². The molecule has 0 atom stereocenters. The Bertz CT molecular complexity index is 715. The molecule has 0 spiro atoms. The summed E-state index contributed by atoms with van der Waals surface area (Å²) in [4.78, 5) is 8.10. The number of aryl methyl sites for hydroxylation is 1. The van der Waals surface area contributed by atoms with Crippen molar-refractivity contribution < 1.29 is 4.39 Å². The monoisotopic (exact) mass is 280 g/mol. The Balaban J connectivity index is 2.06. The minimum atomic E-state index is -0.234. The van der Waals surface area contributed by atoms with Crippen LogP contribution in [0.1, 0.15) is 19.0 Å². The van der Waals surface area contributed by atoms with Crippen LogP contribution in [0.4, 0.5) is 4.39 Å². The number of hydrogen-bond donors (Lipinski definition) is 1. The lowest BCUT2D eigenvalue weighted by Crippen LogP contribution is -1.87. The molecular formula is C18H17FN2. The average molecular weight is 280 g/mol. The zero-order valence-electron chi connectivity index (χ0n) is 11.9. The van der Waals surface area contributed by atoms with Crippen molar-refractivity contribution in [3.05, 3.63) is 66.1 Å². The molecule has 2 aromatic carbocycles. The highest BCUT2D eigenvalue weighted by molar-refractivity contribution is 5.67. The fraction of sp³-hybridized carbons (Fsp3) is 0.167. The van der Waals surface area contributed by atoms with Gasteiger partial charge in [-0.2, -0.15) is 0 Å². The van der Waals surface area contributed by atoms with Crippen molar-refractivity contribution in [1.29, 1.82) is 0 Å². The summed E-state index contributed by atoms with van der Waals surface area (Å²) in [6, 6.07) is 16.6. The predicted molar refractivity (Wildman–Crippen MR) is 83.4 cm³/mol. The highest BCUT2D eigenvalue weighted by atomic mass is 19.1. The zero-order valence-corrected chi connectivity index (χ0v) is 11.9. The van der Waals surface area contributed by atoms with Gasteiger partial charge in [0.05, 0.1) is 5.69 Å². The molecular weight excluding hydrogens is 263 g/mol. The van der Waals surface area contributed by atoms with Crippen molar-refractivity contribution in [3.8, 4) is 22.6 Å². The van der Waals surface area contributed by atoms with Gasteiger partial charge in [-0.05, 0) is 30.7 Å². The maximum atomic E-state index is 13.0. The molecule has 106 valence electrons. The first-order valence-electron chi connectivity index (χ1n) is 7.18. The topological polar surface area (TPSA) is 28.7 Å². The van der Waals surface area contributed by atoms with Gasteiger partial charge in [-0.3, -0.25) is 0 Å². The van der Waals surface area contributed by atoms with Crippen LogP contribution in [-0.4, -0.2) is 9.97 Å². The summed E-state index contributed by atoms with van der Waals surface area (Å²) in [6.45, 7) is 2.15. The molecule has 0 radical (unpaired) electrons. The Hall–Kier alpha value is -2.42. The van der Waals surface area contributed by atoms with Crippen LogP contribution in [-0.2, 0) is 6.42 Å². The van der Waals surface area contributed by atoms with Gasteiger partial charge < -0.3 is 4.98 Å². The van der Waals surface area contributed by atoms with E-state index in [1.165, 1.54) is 12.1 Å². The third-order valence-corrected chi connectivity index (χ3v) is 3.44. The summed E-state index contributed by atoms with van der Waals surface area (Å²) >= 11 is 0. The standard InChI is InChI=1S/C18H17FN2/c1-2-6-16-17(13-7-4-3-5-8-13)21-18(20-16)14-9-11-15(19)12-10-14/h3-5,7-12H,2,6H2,1H3,(H,20,21). The highest BCUT2D eigenvalue weighted by Crippen LogP contribution is 2.26. The van der Waals surface area contributed by atoms with Gasteiger partial charge in [0.15, 0.2) is 0 Å². The van der Waals surface area contributed by atoms with E-state index in [9.17, 15) is 4.39 Å². The molecule has 0 aliphatic carbocycles. The molecule has 3 heteroatoms. The summed E-state index contributed by atoms with van der Waals surface area (Å²) in [5.41, 5.74) is 4.11. The van der Waals surface area contributed by atoms with Gasteiger partial charge in [0, 0.05) is 16.8 Å². The number of nitrogens with zero attached hydrogens (tertiary/aromatic N) is 1. The van der Waals surface area contributed by atoms with Crippen molar-refractivity contribution in [2.45, 2.75) is 19.8 Å². The molecule has 2 nitrogen and oxygen atoms in total. The molecule has 3 rings (SSSR count). The molecule has 0 fully saturated rings. The van der Waals surface area contributed by atoms with Crippen LogP contribution in [0.2, 0.25) is 0 Å². The number of nitrogens with one attached hydrogen (secondary N) is 1. The van der Waals surface area contributed by atoms with E-state index in [0.717, 1.165) is 41.2 Å². The normalized spacial score (nSPS) is 10.8. The van der Waals surface area contributed by atoms with Crippen LogP contribution in [0.25, 0.3) is 22.6 Å². The van der Waals surface area contributed by atoms with Gasteiger partial charge in [-0.1, -0.05) is 43.7 Å². The minimum Gasteiger partial charge on any atom is -0.341 e. The number of benzene rings is 2. The second-order valence-electron chi connectivity index (χ2n) is 5.04. The molecule has 0 bridgehead atoms. The predicted octanol–water partition coefficient (Wildman–Crippen LogP) is 4.84. The third kappa shape index (κ3) is 2.87. The van der Waals surface area contributed by atoms with Crippen molar-refractivity contribution >= 4 is 0 Å². The number of imidazole rings is 1. The molecule has 21 heavy (non-hydrogen) atoms. The molecule has 1 N–H and O–H groups in total. The Labute approximate surface area is 123 Å². The average Bonchev–Trinajstić information content (AvgIpc) is 2.93. The van der Waals surface area contributed by atoms with Gasteiger partial charge >= 0.3 is 0 Å². The SMILES string of the molecule is CCCc1[nH]c(-c2ccc(F)cc2)nc1-c1ccccc1. The second kappa shape index (κ2) is 5.92. The lowest BCUT2D eigenvalue weighted by molar-refractivity contribution is 0.628. The van der Waals surface area contributed by atoms with Gasteiger partial charge in [0.25, 0.3) is 0 Å². The lowest BCUT2D eigenvalue weighted by Gasteiger charge is -2.00. The largest absolute Gasteiger partial charge is 0.341 e. The van der Waals surface area contributed by atoms with Crippen LogP contribution in [0.5, 0.6) is 0 Å². The molecule has 1 aromatic heterocycles. The first-order chi connectivity index (χ1) is 10.3. The number of rotatable bonds is 4. The number of halogens is 1. The van der Waals surface area contributed by atoms with Crippen molar-refractivity contribution in [2.75, 3.05) is 0 Å². The summed E-state index contributed by atoms with van der Waals surface area (Å²) in [5, 5.41) is 0. The lowest BCUT2D eigenvalue weighted by atomic mass is 10.1. The number of aromatic nitrogens is 2.